The standard InChI is InChI=1S/C20H21NO4/c1-24-18-7-3-6-17(12-18)21-19(22)13-25-20(23)11-14-8-9-15-4-2-5-16(15)10-14/h3,6-10,12H,2,4-5,11,13H2,1H3,(H,21,22). The Labute approximate surface area is 147 Å². The summed E-state index contributed by atoms with van der Waals surface area (Å²) in [4.78, 5) is 23.8. The Morgan fingerprint density at radius 1 is 1.08 bits per heavy atom. The van der Waals surface area contributed by atoms with E-state index in [2.05, 4.69) is 17.4 Å². The Bertz CT molecular complexity index is 785. The van der Waals surface area contributed by atoms with Gasteiger partial charge in [0.05, 0.1) is 13.5 Å². The van der Waals surface area contributed by atoms with Crippen LogP contribution in [0.25, 0.3) is 0 Å². The van der Waals surface area contributed by atoms with Gasteiger partial charge in [0.15, 0.2) is 6.61 Å². The number of benzene rings is 2. The van der Waals surface area contributed by atoms with Crippen LogP contribution in [0, 0.1) is 0 Å². The van der Waals surface area contributed by atoms with Crippen LogP contribution in [0.5, 0.6) is 5.75 Å². The van der Waals surface area contributed by atoms with Crippen molar-refractivity contribution >= 4 is 17.6 Å². The molecule has 1 aliphatic rings. The molecule has 3 rings (SSSR count). The molecule has 1 aliphatic carbocycles. The number of amides is 1. The van der Waals surface area contributed by atoms with Crippen LogP contribution in [0.2, 0.25) is 0 Å². The van der Waals surface area contributed by atoms with E-state index in [9.17, 15) is 9.59 Å². The predicted molar refractivity (Wildman–Crippen MR) is 94.8 cm³/mol. The second kappa shape index (κ2) is 7.83. The van der Waals surface area contributed by atoms with Gasteiger partial charge in [-0.15, -0.1) is 0 Å². The van der Waals surface area contributed by atoms with Gasteiger partial charge in [-0.2, -0.15) is 0 Å². The number of ether oxygens (including phenoxy) is 2. The molecule has 25 heavy (non-hydrogen) atoms. The lowest BCUT2D eigenvalue weighted by Gasteiger charge is -2.08. The fourth-order valence-corrected chi connectivity index (χ4v) is 3.00. The van der Waals surface area contributed by atoms with Crippen LogP contribution in [0.1, 0.15) is 23.1 Å². The zero-order valence-electron chi connectivity index (χ0n) is 14.2. The molecule has 0 spiro atoms. The Morgan fingerprint density at radius 3 is 2.76 bits per heavy atom. The number of nitrogens with one attached hydrogen (secondary N) is 1. The summed E-state index contributed by atoms with van der Waals surface area (Å²) in [5, 5.41) is 2.67. The van der Waals surface area contributed by atoms with Gasteiger partial charge in [-0.25, -0.2) is 0 Å². The molecule has 1 N–H and O–H groups in total. The third-order valence-electron chi connectivity index (χ3n) is 4.23. The molecule has 5 heteroatoms. The van der Waals surface area contributed by atoms with E-state index in [0.29, 0.717) is 11.4 Å². The number of hydrogen-bond donors (Lipinski definition) is 1. The van der Waals surface area contributed by atoms with E-state index in [1.807, 2.05) is 6.07 Å². The highest BCUT2D eigenvalue weighted by Gasteiger charge is 2.13. The molecule has 1 amide bonds. The van der Waals surface area contributed by atoms with Gasteiger partial charge in [0.25, 0.3) is 5.91 Å². The van der Waals surface area contributed by atoms with Crippen molar-refractivity contribution in [1.29, 1.82) is 0 Å². The summed E-state index contributed by atoms with van der Waals surface area (Å²) in [6, 6.07) is 13.1. The highest BCUT2D eigenvalue weighted by Crippen LogP contribution is 2.23. The highest BCUT2D eigenvalue weighted by molar-refractivity contribution is 5.93. The van der Waals surface area contributed by atoms with Crippen molar-refractivity contribution in [2.75, 3.05) is 19.0 Å². The first kappa shape index (κ1) is 17.0. The normalized spacial score (nSPS) is 12.4. The molecule has 0 aromatic heterocycles. The SMILES string of the molecule is COc1cccc(NC(=O)COC(=O)Cc2ccc3c(c2)CCC3)c1. The molecular weight excluding hydrogens is 318 g/mol. The topological polar surface area (TPSA) is 64.6 Å². The lowest BCUT2D eigenvalue weighted by atomic mass is 10.0. The molecule has 2 aromatic carbocycles. The first-order valence-electron chi connectivity index (χ1n) is 8.34. The zero-order chi connectivity index (χ0) is 17.6. The van der Waals surface area contributed by atoms with Gasteiger partial charge < -0.3 is 14.8 Å². The maximum Gasteiger partial charge on any atom is 0.310 e. The lowest BCUT2D eigenvalue weighted by molar-refractivity contribution is -0.146. The number of carbonyl (C=O) groups is 2. The minimum absolute atomic E-state index is 0.180. The molecule has 2 aromatic rings. The number of rotatable bonds is 6. The number of aryl methyl sites for hydroxylation is 2. The summed E-state index contributed by atoms with van der Waals surface area (Å²) in [7, 11) is 1.56. The van der Waals surface area contributed by atoms with Gasteiger partial charge in [-0.1, -0.05) is 24.3 Å². The first-order chi connectivity index (χ1) is 12.1. The average molecular weight is 339 g/mol. The number of carbonyl (C=O) groups excluding carboxylic acids is 2. The lowest BCUT2D eigenvalue weighted by Crippen LogP contribution is -2.21. The van der Waals surface area contributed by atoms with Crippen molar-refractivity contribution in [2.45, 2.75) is 25.7 Å². The van der Waals surface area contributed by atoms with Crippen LogP contribution in [-0.4, -0.2) is 25.6 Å². The van der Waals surface area contributed by atoms with E-state index in [0.717, 1.165) is 18.4 Å². The largest absolute Gasteiger partial charge is 0.497 e. The van der Waals surface area contributed by atoms with Crippen molar-refractivity contribution < 1.29 is 19.1 Å². The van der Waals surface area contributed by atoms with Gasteiger partial charge in [0, 0.05) is 11.8 Å². The van der Waals surface area contributed by atoms with Crippen molar-refractivity contribution in [1.82, 2.24) is 0 Å². The second-order valence-corrected chi connectivity index (χ2v) is 6.07. The Balaban J connectivity index is 1.47. The molecule has 0 heterocycles. The van der Waals surface area contributed by atoms with Crippen molar-refractivity contribution in [2.24, 2.45) is 0 Å². The minimum atomic E-state index is -0.404. The molecule has 0 atom stereocenters. The van der Waals surface area contributed by atoms with E-state index in [1.165, 1.54) is 17.5 Å². The van der Waals surface area contributed by atoms with Crippen molar-refractivity contribution in [3.8, 4) is 5.75 Å². The van der Waals surface area contributed by atoms with Crippen LogP contribution >= 0.6 is 0 Å². The summed E-state index contributed by atoms with van der Waals surface area (Å²) in [6.45, 7) is -0.305. The third-order valence-corrected chi connectivity index (χ3v) is 4.23. The van der Waals surface area contributed by atoms with Crippen LogP contribution in [0.3, 0.4) is 0 Å². The number of methoxy groups -OCH3 is 1. The van der Waals surface area contributed by atoms with E-state index >= 15 is 0 Å². The van der Waals surface area contributed by atoms with Crippen molar-refractivity contribution in [3.05, 3.63) is 59.2 Å². The van der Waals surface area contributed by atoms with Crippen LogP contribution in [-0.2, 0) is 33.6 Å². The predicted octanol–water partition coefficient (Wildman–Crippen LogP) is 2.91. The number of anilines is 1. The van der Waals surface area contributed by atoms with Gasteiger partial charge in [-0.3, -0.25) is 9.59 Å². The molecule has 0 bridgehead atoms. The van der Waals surface area contributed by atoms with Crippen LogP contribution in [0.4, 0.5) is 5.69 Å². The van der Waals surface area contributed by atoms with Crippen molar-refractivity contribution in [3.63, 3.8) is 0 Å². The fourth-order valence-electron chi connectivity index (χ4n) is 3.00. The molecule has 0 aliphatic heterocycles. The summed E-state index contributed by atoms with van der Waals surface area (Å²) in [5.74, 6) is -0.138. The van der Waals surface area contributed by atoms with Gasteiger partial charge in [-0.05, 0) is 48.1 Å². The highest BCUT2D eigenvalue weighted by atomic mass is 16.5. The number of hydrogen-bond acceptors (Lipinski definition) is 4. The van der Waals surface area contributed by atoms with Crippen LogP contribution < -0.4 is 10.1 Å². The minimum Gasteiger partial charge on any atom is -0.497 e. The van der Waals surface area contributed by atoms with E-state index in [-0.39, 0.29) is 18.9 Å². The summed E-state index contributed by atoms with van der Waals surface area (Å²) < 4.78 is 10.2. The Hall–Kier alpha value is -2.82. The van der Waals surface area contributed by atoms with Gasteiger partial charge >= 0.3 is 5.97 Å². The Kier molecular flexibility index (Phi) is 5.33. The summed E-state index contributed by atoms with van der Waals surface area (Å²) >= 11 is 0. The average Bonchev–Trinajstić information content (AvgIpc) is 3.08. The van der Waals surface area contributed by atoms with E-state index < -0.39 is 5.97 Å². The maximum absolute atomic E-state index is 11.9. The molecule has 0 saturated heterocycles. The van der Waals surface area contributed by atoms with E-state index in [4.69, 9.17) is 9.47 Å². The molecule has 5 nitrogen and oxygen atoms in total. The molecule has 130 valence electrons. The number of esters is 1. The molecule has 0 saturated carbocycles. The Morgan fingerprint density at radius 2 is 1.92 bits per heavy atom. The van der Waals surface area contributed by atoms with E-state index in [1.54, 1.807) is 31.4 Å². The zero-order valence-corrected chi connectivity index (χ0v) is 14.2. The second-order valence-electron chi connectivity index (χ2n) is 6.07. The summed E-state index contributed by atoms with van der Waals surface area (Å²) in [6.07, 6.45) is 3.54. The quantitative estimate of drug-likeness (QED) is 0.822. The van der Waals surface area contributed by atoms with Gasteiger partial charge in [0.1, 0.15) is 5.75 Å². The molecule has 0 unspecified atom stereocenters. The summed E-state index contributed by atoms with van der Waals surface area (Å²) in [5.41, 5.74) is 4.22. The number of fused-ring (bicyclic) bond motifs is 1. The van der Waals surface area contributed by atoms with Gasteiger partial charge in [0.2, 0.25) is 0 Å². The fraction of sp³-hybridized carbons (Fsp3) is 0.300. The maximum atomic E-state index is 11.9. The third kappa shape index (κ3) is 4.59. The molecule has 0 fully saturated rings. The van der Waals surface area contributed by atoms with Crippen LogP contribution in [0.15, 0.2) is 42.5 Å². The molecular formula is C20H21NO4. The smallest absolute Gasteiger partial charge is 0.310 e. The monoisotopic (exact) mass is 339 g/mol. The first-order valence-corrected chi connectivity index (χ1v) is 8.34. The molecule has 0 radical (unpaired) electrons.